The summed E-state index contributed by atoms with van der Waals surface area (Å²) < 4.78 is 0. The van der Waals surface area contributed by atoms with Crippen LogP contribution < -0.4 is 11.5 Å². The van der Waals surface area contributed by atoms with Crippen LogP contribution in [0.1, 0.15) is 11.6 Å². The van der Waals surface area contributed by atoms with Crippen molar-refractivity contribution >= 4 is 30.5 Å². The van der Waals surface area contributed by atoms with Gasteiger partial charge in [-0.3, -0.25) is 10.1 Å². The van der Waals surface area contributed by atoms with Gasteiger partial charge in [-0.15, -0.1) is 24.8 Å². The highest BCUT2D eigenvalue weighted by atomic mass is 35.5. The van der Waals surface area contributed by atoms with Crippen molar-refractivity contribution in [3.8, 4) is 0 Å². The normalized spacial score (nSPS) is 10.8. The van der Waals surface area contributed by atoms with Gasteiger partial charge >= 0.3 is 0 Å². The summed E-state index contributed by atoms with van der Waals surface area (Å²) in [4.78, 5) is 9.85. The van der Waals surface area contributed by atoms with Crippen LogP contribution in [-0.2, 0) is 0 Å². The summed E-state index contributed by atoms with van der Waals surface area (Å²) in [7, 11) is 0. The third-order valence-corrected chi connectivity index (χ3v) is 1.79. The Labute approximate surface area is 99.8 Å². The molecule has 0 heterocycles. The Morgan fingerprint density at radius 1 is 1.27 bits per heavy atom. The van der Waals surface area contributed by atoms with Gasteiger partial charge < -0.3 is 11.5 Å². The molecule has 0 aliphatic rings. The van der Waals surface area contributed by atoms with Gasteiger partial charge in [-0.1, -0.05) is 12.1 Å². The highest BCUT2D eigenvalue weighted by Gasteiger charge is 2.07. The molecule has 0 radical (unpaired) electrons. The summed E-state index contributed by atoms with van der Waals surface area (Å²) in [6.45, 7) is 0.331. The van der Waals surface area contributed by atoms with Gasteiger partial charge in [0.15, 0.2) is 0 Å². The van der Waals surface area contributed by atoms with Crippen molar-refractivity contribution in [3.63, 3.8) is 0 Å². The van der Waals surface area contributed by atoms with Crippen LogP contribution in [0.5, 0.6) is 0 Å². The molecule has 1 unspecified atom stereocenters. The van der Waals surface area contributed by atoms with E-state index in [1.54, 1.807) is 12.1 Å². The van der Waals surface area contributed by atoms with E-state index in [1.807, 2.05) is 0 Å². The third-order valence-electron chi connectivity index (χ3n) is 1.79. The molecule has 4 N–H and O–H groups in total. The lowest BCUT2D eigenvalue weighted by molar-refractivity contribution is -0.384. The molecule has 0 aliphatic carbocycles. The van der Waals surface area contributed by atoms with Crippen LogP contribution >= 0.6 is 24.8 Å². The minimum Gasteiger partial charge on any atom is -0.329 e. The van der Waals surface area contributed by atoms with Crippen LogP contribution in [0, 0.1) is 10.1 Å². The van der Waals surface area contributed by atoms with Crippen LogP contribution in [-0.4, -0.2) is 11.5 Å². The fourth-order valence-corrected chi connectivity index (χ4v) is 0.979. The van der Waals surface area contributed by atoms with Gasteiger partial charge in [0, 0.05) is 24.7 Å². The molecule has 0 aliphatic heterocycles. The van der Waals surface area contributed by atoms with Gasteiger partial charge in [-0.05, 0) is 5.56 Å². The number of halogens is 2. The average molecular weight is 254 g/mol. The Morgan fingerprint density at radius 2 is 1.73 bits per heavy atom. The number of nitro groups is 1. The Hall–Kier alpha value is -0.880. The van der Waals surface area contributed by atoms with Crippen molar-refractivity contribution in [2.45, 2.75) is 6.04 Å². The third kappa shape index (κ3) is 4.44. The number of nitrogens with two attached hydrogens (primary N) is 2. The molecule has 7 heteroatoms. The van der Waals surface area contributed by atoms with Gasteiger partial charge in [0.2, 0.25) is 0 Å². The number of hydrogen-bond acceptors (Lipinski definition) is 4. The number of nitrogens with zero attached hydrogens (tertiary/aromatic N) is 1. The Bertz CT molecular complexity index is 305. The molecule has 0 bridgehead atoms. The highest BCUT2D eigenvalue weighted by Crippen LogP contribution is 2.15. The highest BCUT2D eigenvalue weighted by molar-refractivity contribution is 5.85. The quantitative estimate of drug-likeness (QED) is 0.629. The van der Waals surface area contributed by atoms with Gasteiger partial charge in [0.05, 0.1) is 4.92 Å². The molecule has 86 valence electrons. The lowest BCUT2D eigenvalue weighted by Crippen LogP contribution is -2.20. The first kappa shape index (κ1) is 16.5. The van der Waals surface area contributed by atoms with Crippen molar-refractivity contribution in [2.24, 2.45) is 11.5 Å². The number of benzene rings is 1. The number of nitro benzene ring substituents is 1. The zero-order chi connectivity index (χ0) is 9.84. The van der Waals surface area contributed by atoms with E-state index in [9.17, 15) is 10.1 Å². The Morgan fingerprint density at radius 3 is 2.07 bits per heavy atom. The molecule has 15 heavy (non-hydrogen) atoms. The van der Waals surface area contributed by atoms with E-state index in [0.717, 1.165) is 5.56 Å². The van der Waals surface area contributed by atoms with E-state index in [4.69, 9.17) is 11.5 Å². The minimum atomic E-state index is -0.447. The zero-order valence-electron chi connectivity index (χ0n) is 7.83. The van der Waals surface area contributed by atoms with Crippen molar-refractivity contribution < 1.29 is 4.92 Å². The van der Waals surface area contributed by atoms with Crippen molar-refractivity contribution in [1.82, 2.24) is 0 Å². The average Bonchev–Trinajstić information content (AvgIpc) is 2.17. The number of hydrogen-bond donors (Lipinski definition) is 2. The molecular weight excluding hydrogens is 241 g/mol. The Balaban J connectivity index is 0. The first-order valence-corrected chi connectivity index (χ1v) is 3.85. The maximum absolute atomic E-state index is 10.3. The second-order valence-electron chi connectivity index (χ2n) is 2.69. The second kappa shape index (κ2) is 7.42. The molecule has 0 saturated carbocycles. The van der Waals surface area contributed by atoms with E-state index in [1.165, 1.54) is 12.1 Å². The minimum absolute atomic E-state index is 0. The topological polar surface area (TPSA) is 95.2 Å². The summed E-state index contributed by atoms with van der Waals surface area (Å²) >= 11 is 0. The molecule has 0 spiro atoms. The largest absolute Gasteiger partial charge is 0.329 e. The monoisotopic (exact) mass is 253 g/mol. The summed E-state index contributed by atoms with van der Waals surface area (Å²) in [6, 6.07) is 5.84. The SMILES string of the molecule is Cl.Cl.NCC(N)c1ccc([N+](=O)[O-])cc1. The summed E-state index contributed by atoms with van der Waals surface area (Å²) in [5, 5.41) is 10.3. The van der Waals surface area contributed by atoms with E-state index in [-0.39, 0.29) is 36.5 Å². The molecule has 1 aromatic carbocycles. The van der Waals surface area contributed by atoms with E-state index in [0.29, 0.717) is 6.54 Å². The molecule has 1 atom stereocenters. The van der Waals surface area contributed by atoms with Gasteiger partial charge in [-0.2, -0.15) is 0 Å². The van der Waals surface area contributed by atoms with Crippen LogP contribution in [0.25, 0.3) is 0 Å². The molecule has 0 amide bonds. The predicted octanol–water partition coefficient (Wildman–Crippen LogP) is 1.40. The van der Waals surface area contributed by atoms with E-state index >= 15 is 0 Å². The lowest BCUT2D eigenvalue weighted by Gasteiger charge is -2.07. The molecule has 5 nitrogen and oxygen atoms in total. The van der Waals surface area contributed by atoms with Crippen LogP contribution in [0.3, 0.4) is 0 Å². The maximum atomic E-state index is 10.3. The van der Waals surface area contributed by atoms with Crippen molar-refractivity contribution in [3.05, 3.63) is 39.9 Å². The molecule has 0 fully saturated rings. The Kier molecular flexibility index (Phi) is 8.18. The number of non-ortho nitro benzene ring substituents is 1. The van der Waals surface area contributed by atoms with Crippen LogP contribution in [0.15, 0.2) is 24.3 Å². The second-order valence-corrected chi connectivity index (χ2v) is 2.69. The fourth-order valence-electron chi connectivity index (χ4n) is 0.979. The molecule has 1 rings (SSSR count). The predicted molar refractivity (Wildman–Crippen MR) is 63.6 cm³/mol. The van der Waals surface area contributed by atoms with Crippen molar-refractivity contribution in [2.75, 3.05) is 6.54 Å². The van der Waals surface area contributed by atoms with Gasteiger partial charge in [0.1, 0.15) is 0 Å². The molecule has 1 aromatic rings. The van der Waals surface area contributed by atoms with E-state index < -0.39 is 4.92 Å². The van der Waals surface area contributed by atoms with Crippen LogP contribution in [0.2, 0.25) is 0 Å². The maximum Gasteiger partial charge on any atom is 0.269 e. The number of rotatable bonds is 3. The molecule has 0 saturated heterocycles. The van der Waals surface area contributed by atoms with E-state index in [2.05, 4.69) is 0 Å². The molecule has 0 aromatic heterocycles. The molecular formula is C8H13Cl2N3O2. The van der Waals surface area contributed by atoms with Crippen LogP contribution in [0.4, 0.5) is 5.69 Å². The van der Waals surface area contributed by atoms with Crippen molar-refractivity contribution in [1.29, 1.82) is 0 Å². The van der Waals surface area contributed by atoms with Gasteiger partial charge in [-0.25, -0.2) is 0 Å². The van der Waals surface area contributed by atoms with Gasteiger partial charge in [0.25, 0.3) is 5.69 Å². The standard InChI is InChI=1S/C8H11N3O2.2ClH/c9-5-8(10)6-1-3-7(4-2-6)11(12)13;;/h1-4,8H,5,9-10H2;2*1H. The smallest absolute Gasteiger partial charge is 0.269 e. The lowest BCUT2D eigenvalue weighted by atomic mass is 10.1. The fraction of sp³-hybridized carbons (Fsp3) is 0.250. The zero-order valence-corrected chi connectivity index (χ0v) is 9.46. The summed E-state index contributed by atoms with van der Waals surface area (Å²) in [5.41, 5.74) is 11.8. The summed E-state index contributed by atoms with van der Waals surface area (Å²) in [5.74, 6) is 0. The first-order valence-electron chi connectivity index (χ1n) is 3.85. The summed E-state index contributed by atoms with van der Waals surface area (Å²) in [6.07, 6.45) is 0. The first-order chi connectivity index (χ1) is 6.15.